The monoisotopic (exact) mass is 333 g/mol. The molecule has 0 fully saturated rings. The van der Waals surface area contributed by atoms with Crippen molar-refractivity contribution in [3.63, 3.8) is 0 Å². The highest BCUT2D eigenvalue weighted by atomic mass is 35.5. The largest absolute Gasteiger partial charge is 0.387 e. The number of rotatable bonds is 4. The Balaban J connectivity index is 1.61. The number of aliphatic hydroxyl groups is 1. The molecule has 0 aliphatic heterocycles. The summed E-state index contributed by atoms with van der Waals surface area (Å²) in [6.07, 6.45) is 2.83. The molecule has 1 unspecified atom stereocenters. The van der Waals surface area contributed by atoms with Gasteiger partial charge >= 0.3 is 0 Å². The number of aryl methyl sites for hydroxylation is 1. The van der Waals surface area contributed by atoms with Crippen LogP contribution in [0, 0.1) is 0 Å². The van der Waals surface area contributed by atoms with Gasteiger partial charge < -0.3 is 10.4 Å². The number of hydrogen-bond acceptors (Lipinski definition) is 3. The van der Waals surface area contributed by atoms with Gasteiger partial charge in [-0.3, -0.25) is 4.79 Å². The molecule has 0 saturated heterocycles. The third kappa shape index (κ3) is 3.40. The molecule has 2 aromatic rings. The van der Waals surface area contributed by atoms with Crippen molar-refractivity contribution < 1.29 is 9.90 Å². The van der Waals surface area contributed by atoms with E-state index < -0.39 is 6.10 Å². The molecule has 22 heavy (non-hydrogen) atoms. The third-order valence-electron chi connectivity index (χ3n) is 3.71. The molecule has 0 bridgehead atoms. The van der Waals surface area contributed by atoms with Crippen LogP contribution in [0.3, 0.4) is 0 Å². The van der Waals surface area contributed by atoms with Crippen LogP contribution in [-0.4, -0.2) is 17.6 Å². The third-order valence-corrected chi connectivity index (χ3v) is 4.94. The lowest BCUT2D eigenvalue weighted by Gasteiger charge is -2.16. The summed E-state index contributed by atoms with van der Waals surface area (Å²) in [6.45, 7) is 0.174. The van der Waals surface area contributed by atoms with E-state index in [1.54, 1.807) is 35.6 Å². The topological polar surface area (TPSA) is 49.3 Å². The molecular formula is C17H16ClNO2S. The average molecular weight is 334 g/mol. The summed E-state index contributed by atoms with van der Waals surface area (Å²) in [6, 6.07) is 9.06. The molecule has 1 aliphatic carbocycles. The zero-order valence-electron chi connectivity index (χ0n) is 11.9. The molecule has 3 nitrogen and oxygen atoms in total. The summed E-state index contributed by atoms with van der Waals surface area (Å²) in [7, 11) is 0. The number of fused-ring (bicyclic) bond motifs is 1. The number of nitrogens with one attached hydrogen (secondary N) is 1. The van der Waals surface area contributed by atoms with Crippen molar-refractivity contribution in [3.8, 4) is 0 Å². The van der Waals surface area contributed by atoms with E-state index in [-0.39, 0.29) is 12.5 Å². The average Bonchev–Trinajstić information content (AvgIpc) is 2.99. The molecule has 0 spiro atoms. The number of carbonyl (C=O) groups excluding carboxylic acids is 1. The van der Waals surface area contributed by atoms with E-state index in [2.05, 4.69) is 5.32 Å². The highest BCUT2D eigenvalue weighted by Crippen LogP contribution is 2.28. The van der Waals surface area contributed by atoms with Crippen molar-refractivity contribution in [3.05, 3.63) is 62.3 Å². The number of halogens is 1. The fourth-order valence-electron chi connectivity index (χ4n) is 2.50. The van der Waals surface area contributed by atoms with Gasteiger partial charge in [-0.1, -0.05) is 23.7 Å². The van der Waals surface area contributed by atoms with Crippen LogP contribution in [0.2, 0.25) is 5.02 Å². The second kappa shape index (κ2) is 6.65. The molecule has 0 saturated carbocycles. The van der Waals surface area contributed by atoms with E-state index in [4.69, 9.17) is 11.6 Å². The van der Waals surface area contributed by atoms with Crippen LogP contribution in [0.25, 0.3) is 6.08 Å². The molecule has 1 amide bonds. The minimum Gasteiger partial charge on any atom is -0.387 e. The number of carbonyl (C=O) groups is 1. The van der Waals surface area contributed by atoms with E-state index >= 15 is 0 Å². The summed E-state index contributed by atoms with van der Waals surface area (Å²) in [5, 5.41) is 15.5. The SMILES string of the molecule is O=C(NCC(O)c1cccc(Cl)c1)C1=Cc2ccsc2CC1. The van der Waals surface area contributed by atoms with Crippen molar-refractivity contribution in [2.45, 2.75) is 18.9 Å². The Bertz CT molecular complexity index is 723. The van der Waals surface area contributed by atoms with Crippen LogP contribution in [0.15, 0.2) is 41.3 Å². The maximum Gasteiger partial charge on any atom is 0.247 e. The summed E-state index contributed by atoms with van der Waals surface area (Å²) in [5.74, 6) is -0.113. The van der Waals surface area contributed by atoms with E-state index in [1.165, 1.54) is 4.88 Å². The smallest absolute Gasteiger partial charge is 0.247 e. The Hall–Kier alpha value is -1.62. The Morgan fingerprint density at radius 3 is 3.05 bits per heavy atom. The minimum atomic E-state index is -0.761. The van der Waals surface area contributed by atoms with Gasteiger partial charge in [-0.05, 0) is 53.6 Å². The van der Waals surface area contributed by atoms with Gasteiger partial charge in [0.2, 0.25) is 5.91 Å². The van der Waals surface area contributed by atoms with Crippen molar-refractivity contribution in [1.82, 2.24) is 5.32 Å². The van der Waals surface area contributed by atoms with Crippen molar-refractivity contribution in [1.29, 1.82) is 0 Å². The van der Waals surface area contributed by atoms with Crippen LogP contribution in [0.5, 0.6) is 0 Å². The van der Waals surface area contributed by atoms with E-state index in [1.807, 2.05) is 17.5 Å². The summed E-state index contributed by atoms with van der Waals surface area (Å²) in [4.78, 5) is 13.5. The lowest BCUT2D eigenvalue weighted by atomic mass is 9.98. The molecule has 1 heterocycles. The summed E-state index contributed by atoms with van der Waals surface area (Å²) < 4.78 is 0. The normalized spacial score (nSPS) is 14.9. The molecule has 3 rings (SSSR count). The highest BCUT2D eigenvalue weighted by Gasteiger charge is 2.18. The van der Waals surface area contributed by atoms with E-state index in [0.717, 1.165) is 24.0 Å². The highest BCUT2D eigenvalue weighted by molar-refractivity contribution is 7.10. The van der Waals surface area contributed by atoms with Gasteiger partial charge in [-0.15, -0.1) is 11.3 Å². The standard InChI is InChI=1S/C17H16ClNO2S/c18-14-3-1-2-11(9-14)15(20)10-19-17(21)13-4-5-16-12(8-13)6-7-22-16/h1-3,6-9,15,20H,4-5,10H2,(H,19,21). The first-order valence-electron chi connectivity index (χ1n) is 7.12. The van der Waals surface area contributed by atoms with Gasteiger partial charge in [-0.25, -0.2) is 0 Å². The number of thiophene rings is 1. The van der Waals surface area contributed by atoms with Gasteiger partial charge in [0.25, 0.3) is 0 Å². The molecule has 0 radical (unpaired) electrons. The van der Waals surface area contributed by atoms with Crippen LogP contribution in [0.1, 0.15) is 28.5 Å². The Morgan fingerprint density at radius 1 is 1.36 bits per heavy atom. The number of benzene rings is 1. The minimum absolute atomic E-state index is 0.113. The van der Waals surface area contributed by atoms with Crippen LogP contribution >= 0.6 is 22.9 Å². The predicted molar refractivity (Wildman–Crippen MR) is 90.0 cm³/mol. The maximum atomic E-state index is 12.2. The summed E-state index contributed by atoms with van der Waals surface area (Å²) in [5.41, 5.74) is 2.60. The van der Waals surface area contributed by atoms with Gasteiger partial charge in [0.1, 0.15) is 0 Å². The Morgan fingerprint density at radius 2 is 2.23 bits per heavy atom. The van der Waals surface area contributed by atoms with Gasteiger partial charge in [0.15, 0.2) is 0 Å². The molecule has 114 valence electrons. The van der Waals surface area contributed by atoms with Gasteiger partial charge in [-0.2, -0.15) is 0 Å². The van der Waals surface area contributed by atoms with Gasteiger partial charge in [0, 0.05) is 22.0 Å². The molecule has 1 aliphatic rings. The first-order chi connectivity index (χ1) is 10.6. The number of hydrogen-bond donors (Lipinski definition) is 2. The van der Waals surface area contributed by atoms with E-state index in [9.17, 15) is 9.90 Å². The van der Waals surface area contributed by atoms with Crippen molar-refractivity contribution in [2.75, 3.05) is 6.54 Å². The molecular weight excluding hydrogens is 318 g/mol. The molecule has 5 heteroatoms. The van der Waals surface area contributed by atoms with Crippen LogP contribution in [0.4, 0.5) is 0 Å². The number of aliphatic hydroxyl groups excluding tert-OH is 1. The first kappa shape index (κ1) is 15.3. The second-order valence-electron chi connectivity index (χ2n) is 5.25. The lowest BCUT2D eigenvalue weighted by molar-refractivity contribution is -0.118. The quantitative estimate of drug-likeness (QED) is 0.898. The fourth-order valence-corrected chi connectivity index (χ4v) is 3.56. The van der Waals surface area contributed by atoms with E-state index in [0.29, 0.717) is 10.6 Å². The molecule has 1 atom stereocenters. The fraction of sp³-hybridized carbons (Fsp3) is 0.235. The van der Waals surface area contributed by atoms with Gasteiger partial charge in [0.05, 0.1) is 6.10 Å². The van der Waals surface area contributed by atoms with Crippen LogP contribution in [-0.2, 0) is 11.2 Å². The zero-order valence-corrected chi connectivity index (χ0v) is 13.5. The molecule has 2 N–H and O–H groups in total. The Labute approximate surface area is 138 Å². The maximum absolute atomic E-state index is 12.2. The Kier molecular flexibility index (Phi) is 4.62. The molecule has 1 aromatic carbocycles. The van der Waals surface area contributed by atoms with Crippen molar-refractivity contribution >= 4 is 34.9 Å². The van der Waals surface area contributed by atoms with Crippen LogP contribution < -0.4 is 5.32 Å². The lowest BCUT2D eigenvalue weighted by Crippen LogP contribution is -2.30. The van der Waals surface area contributed by atoms with Crippen molar-refractivity contribution in [2.24, 2.45) is 0 Å². The second-order valence-corrected chi connectivity index (χ2v) is 6.69. The summed E-state index contributed by atoms with van der Waals surface area (Å²) >= 11 is 7.63. The number of amides is 1. The first-order valence-corrected chi connectivity index (χ1v) is 8.38. The molecule has 1 aromatic heterocycles. The predicted octanol–water partition coefficient (Wildman–Crippen LogP) is 3.58. The zero-order chi connectivity index (χ0) is 15.5.